The van der Waals surface area contributed by atoms with Crippen molar-refractivity contribution in [1.82, 2.24) is 9.55 Å². The van der Waals surface area contributed by atoms with Gasteiger partial charge in [-0.3, -0.25) is 14.3 Å². The van der Waals surface area contributed by atoms with Gasteiger partial charge in [0.25, 0.3) is 5.56 Å². The molecule has 1 aromatic carbocycles. The van der Waals surface area contributed by atoms with Gasteiger partial charge in [-0.1, -0.05) is 19.1 Å². The molecule has 1 aromatic heterocycles. The summed E-state index contributed by atoms with van der Waals surface area (Å²) in [4.78, 5) is 25.6. The van der Waals surface area contributed by atoms with E-state index in [-0.39, 0.29) is 11.5 Å². The van der Waals surface area contributed by atoms with Crippen molar-refractivity contribution in [1.29, 1.82) is 0 Å². The molecular formula is C14H14FN3O2S. The van der Waals surface area contributed by atoms with Crippen LogP contribution in [0, 0.1) is 5.82 Å². The van der Waals surface area contributed by atoms with Gasteiger partial charge in [0.15, 0.2) is 0 Å². The van der Waals surface area contributed by atoms with Gasteiger partial charge in [0.05, 0.1) is 6.54 Å². The first-order chi connectivity index (χ1) is 9.90. The Morgan fingerprint density at radius 1 is 1.38 bits per heavy atom. The molecule has 0 aliphatic heterocycles. The lowest BCUT2D eigenvalue weighted by Crippen LogP contribution is -2.31. The Bertz CT molecular complexity index is 811. The molecule has 3 N–H and O–H groups in total. The Morgan fingerprint density at radius 2 is 2.10 bits per heavy atom. The molecule has 2 aromatic rings. The Labute approximate surface area is 125 Å². The van der Waals surface area contributed by atoms with Crippen LogP contribution in [0.5, 0.6) is 0 Å². The molecule has 2 rings (SSSR count). The van der Waals surface area contributed by atoms with Crippen LogP contribution in [0.2, 0.25) is 0 Å². The van der Waals surface area contributed by atoms with Gasteiger partial charge in [-0.2, -0.15) is 0 Å². The van der Waals surface area contributed by atoms with E-state index in [9.17, 15) is 14.0 Å². The molecule has 0 radical (unpaired) electrons. The lowest BCUT2D eigenvalue weighted by molar-refractivity contribution is 0.621. The van der Waals surface area contributed by atoms with Crippen LogP contribution in [0.1, 0.15) is 23.6 Å². The second-order valence-corrected chi connectivity index (χ2v) is 5.05. The van der Waals surface area contributed by atoms with Crippen molar-refractivity contribution in [3.05, 3.63) is 67.7 Å². The number of aryl methyl sites for hydroxylation is 1. The van der Waals surface area contributed by atoms with Gasteiger partial charge in [-0.05, 0) is 30.2 Å². The fourth-order valence-corrected chi connectivity index (χ4v) is 2.12. The van der Waals surface area contributed by atoms with E-state index in [0.29, 0.717) is 23.1 Å². The summed E-state index contributed by atoms with van der Waals surface area (Å²) in [5.74, 6) is -0.483. The third kappa shape index (κ3) is 3.43. The Kier molecular flexibility index (Phi) is 4.32. The first kappa shape index (κ1) is 15.1. The molecular weight excluding hydrogens is 293 g/mol. The molecule has 0 atom stereocenters. The first-order valence-corrected chi connectivity index (χ1v) is 6.73. The molecule has 110 valence electrons. The number of thiocarbonyl (C=S) groups is 1. The van der Waals surface area contributed by atoms with Crippen LogP contribution in [0.25, 0.3) is 0 Å². The van der Waals surface area contributed by atoms with Crippen molar-refractivity contribution < 1.29 is 4.39 Å². The number of hydrogen-bond acceptors (Lipinski definition) is 3. The maximum atomic E-state index is 13.5. The van der Waals surface area contributed by atoms with E-state index in [2.05, 4.69) is 4.98 Å². The van der Waals surface area contributed by atoms with Crippen molar-refractivity contribution in [2.24, 2.45) is 5.73 Å². The lowest BCUT2D eigenvalue weighted by atomic mass is 10.1. The molecule has 0 aliphatic rings. The molecule has 0 saturated carbocycles. The highest BCUT2D eigenvalue weighted by atomic mass is 32.1. The topological polar surface area (TPSA) is 80.9 Å². The van der Waals surface area contributed by atoms with E-state index < -0.39 is 17.1 Å². The van der Waals surface area contributed by atoms with Crippen LogP contribution in [0.4, 0.5) is 4.39 Å². The predicted molar refractivity (Wildman–Crippen MR) is 82.1 cm³/mol. The number of aromatic nitrogens is 2. The average Bonchev–Trinajstić information content (AvgIpc) is 2.41. The van der Waals surface area contributed by atoms with Crippen molar-refractivity contribution in [3.63, 3.8) is 0 Å². The summed E-state index contributed by atoms with van der Waals surface area (Å²) in [5.41, 5.74) is 5.96. The fraction of sp³-hybridized carbons (Fsp3) is 0.214. The standard InChI is InChI=1S/C14H14FN3O2S/c1-2-9-7-18(14(20)17-13(9)19)6-8-3-10(12(16)21)5-11(15)4-8/h3-5,7H,2,6H2,1H3,(H2,16,21)(H,17,19,20). The van der Waals surface area contributed by atoms with Crippen molar-refractivity contribution in [3.8, 4) is 0 Å². The SMILES string of the molecule is CCc1cn(Cc2cc(F)cc(C(N)=S)c2)c(=O)[nH]c1=O. The number of aromatic amines is 1. The molecule has 7 heteroatoms. The molecule has 1 heterocycles. The zero-order valence-electron chi connectivity index (χ0n) is 11.4. The minimum Gasteiger partial charge on any atom is -0.389 e. The van der Waals surface area contributed by atoms with Crippen LogP contribution in [-0.4, -0.2) is 14.5 Å². The van der Waals surface area contributed by atoms with Gasteiger partial charge in [0, 0.05) is 17.3 Å². The highest BCUT2D eigenvalue weighted by molar-refractivity contribution is 7.80. The zero-order chi connectivity index (χ0) is 15.6. The van der Waals surface area contributed by atoms with Gasteiger partial charge >= 0.3 is 5.69 Å². The number of nitrogens with two attached hydrogens (primary N) is 1. The second kappa shape index (κ2) is 6.01. The Hall–Kier alpha value is -2.28. The number of benzene rings is 1. The van der Waals surface area contributed by atoms with Gasteiger partial charge < -0.3 is 5.73 Å². The number of H-pyrrole nitrogens is 1. The van der Waals surface area contributed by atoms with Crippen LogP contribution in [-0.2, 0) is 13.0 Å². The largest absolute Gasteiger partial charge is 0.389 e. The van der Waals surface area contributed by atoms with E-state index >= 15 is 0 Å². The molecule has 0 spiro atoms. The second-order valence-electron chi connectivity index (χ2n) is 4.61. The van der Waals surface area contributed by atoms with Gasteiger partial charge in [0.1, 0.15) is 10.8 Å². The predicted octanol–water partition coefficient (Wildman–Crippen LogP) is 0.921. The molecule has 0 unspecified atom stereocenters. The molecule has 0 aliphatic carbocycles. The Balaban J connectivity index is 2.45. The van der Waals surface area contributed by atoms with Gasteiger partial charge in [-0.15, -0.1) is 0 Å². The van der Waals surface area contributed by atoms with Gasteiger partial charge in [0.2, 0.25) is 0 Å². The molecule has 0 saturated heterocycles. The van der Waals surface area contributed by atoms with Crippen LogP contribution >= 0.6 is 12.2 Å². The summed E-state index contributed by atoms with van der Waals surface area (Å²) < 4.78 is 14.9. The molecule has 0 fully saturated rings. The third-order valence-corrected chi connectivity index (χ3v) is 3.30. The van der Waals surface area contributed by atoms with E-state index in [1.165, 1.54) is 22.9 Å². The van der Waals surface area contributed by atoms with Crippen molar-refractivity contribution in [2.45, 2.75) is 19.9 Å². The highest BCUT2D eigenvalue weighted by Crippen LogP contribution is 2.10. The normalized spacial score (nSPS) is 10.6. The number of nitrogens with one attached hydrogen (secondary N) is 1. The maximum absolute atomic E-state index is 13.5. The van der Waals surface area contributed by atoms with Crippen molar-refractivity contribution >= 4 is 17.2 Å². The Morgan fingerprint density at radius 3 is 2.71 bits per heavy atom. The van der Waals surface area contributed by atoms with Crippen LogP contribution in [0.3, 0.4) is 0 Å². The van der Waals surface area contributed by atoms with Crippen LogP contribution < -0.4 is 17.0 Å². The third-order valence-electron chi connectivity index (χ3n) is 3.06. The zero-order valence-corrected chi connectivity index (χ0v) is 12.2. The number of hydrogen-bond donors (Lipinski definition) is 2. The van der Waals surface area contributed by atoms with Crippen LogP contribution in [0.15, 0.2) is 34.0 Å². The van der Waals surface area contributed by atoms with E-state index in [4.69, 9.17) is 18.0 Å². The number of halogens is 1. The molecule has 0 bridgehead atoms. The highest BCUT2D eigenvalue weighted by Gasteiger charge is 2.07. The summed E-state index contributed by atoms with van der Waals surface area (Å²) in [5, 5.41) is 0. The first-order valence-electron chi connectivity index (χ1n) is 6.32. The van der Waals surface area contributed by atoms with Crippen molar-refractivity contribution in [2.75, 3.05) is 0 Å². The van der Waals surface area contributed by atoms with E-state index in [1.807, 2.05) is 6.92 Å². The summed E-state index contributed by atoms with van der Waals surface area (Å²) in [7, 11) is 0. The van der Waals surface area contributed by atoms with Gasteiger partial charge in [-0.25, -0.2) is 9.18 Å². The smallest absolute Gasteiger partial charge is 0.328 e. The minimum absolute atomic E-state index is 0.0822. The monoisotopic (exact) mass is 307 g/mol. The fourth-order valence-electron chi connectivity index (χ4n) is 2.00. The summed E-state index contributed by atoms with van der Waals surface area (Å²) in [6, 6.07) is 4.15. The summed E-state index contributed by atoms with van der Waals surface area (Å²) in [6.07, 6.45) is 1.98. The molecule has 21 heavy (non-hydrogen) atoms. The summed E-state index contributed by atoms with van der Waals surface area (Å²) >= 11 is 4.82. The average molecular weight is 307 g/mol. The number of rotatable bonds is 4. The summed E-state index contributed by atoms with van der Waals surface area (Å²) in [6.45, 7) is 1.93. The maximum Gasteiger partial charge on any atom is 0.328 e. The lowest BCUT2D eigenvalue weighted by Gasteiger charge is -2.09. The molecule has 5 nitrogen and oxygen atoms in total. The quantitative estimate of drug-likeness (QED) is 0.823. The van der Waals surface area contributed by atoms with E-state index in [0.717, 1.165) is 0 Å². The number of nitrogens with zero attached hydrogens (tertiary/aromatic N) is 1. The minimum atomic E-state index is -0.543. The van der Waals surface area contributed by atoms with E-state index in [1.54, 1.807) is 6.07 Å². The molecule has 0 amide bonds.